The van der Waals surface area contributed by atoms with E-state index in [2.05, 4.69) is 15.0 Å². The number of nitrogen functional groups attached to an aromatic ring is 1. The summed E-state index contributed by atoms with van der Waals surface area (Å²) in [5.74, 6) is -0.226. The third-order valence-electron chi connectivity index (χ3n) is 3.81. The number of ether oxygens (including phenoxy) is 1. The SMILES string of the molecule is Nc1ncnc2c1ncn2[C@@H]1O[C@H](CCO)[C@@H](CO)[C@H]1O. The Labute approximate surface area is 120 Å². The van der Waals surface area contributed by atoms with Crippen LogP contribution in [0.2, 0.25) is 0 Å². The van der Waals surface area contributed by atoms with Gasteiger partial charge in [-0.25, -0.2) is 15.0 Å². The van der Waals surface area contributed by atoms with Crippen molar-refractivity contribution in [1.82, 2.24) is 19.5 Å². The van der Waals surface area contributed by atoms with Crippen molar-refractivity contribution in [3.05, 3.63) is 12.7 Å². The van der Waals surface area contributed by atoms with Gasteiger partial charge in [-0.3, -0.25) is 4.57 Å². The van der Waals surface area contributed by atoms with E-state index in [-0.39, 0.29) is 19.0 Å². The molecule has 1 saturated heterocycles. The highest BCUT2D eigenvalue weighted by molar-refractivity contribution is 5.81. The third kappa shape index (κ3) is 2.23. The van der Waals surface area contributed by atoms with Crippen LogP contribution in [0.3, 0.4) is 0 Å². The van der Waals surface area contributed by atoms with E-state index >= 15 is 0 Å². The van der Waals surface area contributed by atoms with Crippen molar-refractivity contribution >= 4 is 17.0 Å². The highest BCUT2D eigenvalue weighted by atomic mass is 16.5. The standard InChI is InChI=1S/C12H17N5O4/c13-10-8-11(15-4-14-10)17(5-16-8)12-9(20)6(3-19)7(21-12)1-2-18/h4-7,9,12,18-20H,1-3H2,(H2,13,14,15)/t6-,7-,9-,12-/m1/s1. The normalized spacial score (nSPS) is 29.3. The average molecular weight is 295 g/mol. The molecule has 0 unspecified atom stereocenters. The molecule has 9 heteroatoms. The van der Waals surface area contributed by atoms with E-state index in [4.69, 9.17) is 15.6 Å². The molecular weight excluding hydrogens is 278 g/mol. The fourth-order valence-electron chi connectivity index (χ4n) is 2.71. The van der Waals surface area contributed by atoms with Gasteiger partial charge in [-0.05, 0) is 6.42 Å². The van der Waals surface area contributed by atoms with Crippen molar-refractivity contribution < 1.29 is 20.1 Å². The molecule has 2 aromatic heterocycles. The zero-order chi connectivity index (χ0) is 15.0. The summed E-state index contributed by atoms with van der Waals surface area (Å²) >= 11 is 0. The lowest BCUT2D eigenvalue weighted by Crippen LogP contribution is -2.29. The molecule has 21 heavy (non-hydrogen) atoms. The van der Waals surface area contributed by atoms with Crippen LogP contribution in [0.1, 0.15) is 12.6 Å². The molecule has 0 saturated carbocycles. The number of hydrogen-bond acceptors (Lipinski definition) is 8. The van der Waals surface area contributed by atoms with Gasteiger partial charge in [0.15, 0.2) is 17.7 Å². The van der Waals surface area contributed by atoms with Gasteiger partial charge >= 0.3 is 0 Å². The lowest BCUT2D eigenvalue weighted by atomic mass is 9.97. The van der Waals surface area contributed by atoms with E-state index < -0.39 is 24.4 Å². The first kappa shape index (κ1) is 14.1. The maximum Gasteiger partial charge on any atom is 0.167 e. The van der Waals surface area contributed by atoms with Gasteiger partial charge < -0.3 is 25.8 Å². The minimum atomic E-state index is -0.930. The molecule has 2 aromatic rings. The average Bonchev–Trinajstić information content (AvgIpc) is 3.02. The number of aliphatic hydroxyl groups excluding tert-OH is 3. The van der Waals surface area contributed by atoms with Crippen molar-refractivity contribution in [1.29, 1.82) is 0 Å². The fourth-order valence-corrected chi connectivity index (χ4v) is 2.71. The van der Waals surface area contributed by atoms with Crippen LogP contribution in [-0.2, 0) is 4.74 Å². The van der Waals surface area contributed by atoms with Crippen LogP contribution in [0.4, 0.5) is 5.82 Å². The maximum atomic E-state index is 10.4. The molecular formula is C12H17N5O4. The first-order valence-electron chi connectivity index (χ1n) is 6.65. The fraction of sp³-hybridized carbons (Fsp3) is 0.583. The van der Waals surface area contributed by atoms with Crippen LogP contribution in [0.15, 0.2) is 12.7 Å². The van der Waals surface area contributed by atoms with Gasteiger partial charge in [0.05, 0.1) is 19.0 Å². The second kappa shape index (κ2) is 5.53. The maximum absolute atomic E-state index is 10.4. The van der Waals surface area contributed by atoms with Crippen LogP contribution in [0, 0.1) is 5.92 Å². The number of anilines is 1. The monoisotopic (exact) mass is 295 g/mol. The molecule has 114 valence electrons. The van der Waals surface area contributed by atoms with E-state index in [0.29, 0.717) is 17.6 Å². The molecule has 0 radical (unpaired) electrons. The number of aliphatic hydroxyl groups is 3. The Morgan fingerprint density at radius 3 is 2.81 bits per heavy atom. The van der Waals surface area contributed by atoms with Crippen LogP contribution in [-0.4, -0.2) is 60.3 Å². The largest absolute Gasteiger partial charge is 0.396 e. The Morgan fingerprint density at radius 1 is 1.29 bits per heavy atom. The van der Waals surface area contributed by atoms with Gasteiger partial charge in [0.25, 0.3) is 0 Å². The number of nitrogens with zero attached hydrogens (tertiary/aromatic N) is 4. The topological polar surface area (TPSA) is 140 Å². The highest BCUT2D eigenvalue weighted by Crippen LogP contribution is 2.36. The Balaban J connectivity index is 1.97. The summed E-state index contributed by atoms with van der Waals surface area (Å²) in [6, 6.07) is 0. The molecule has 3 rings (SSSR count). The van der Waals surface area contributed by atoms with Crippen LogP contribution in [0.5, 0.6) is 0 Å². The van der Waals surface area contributed by atoms with Gasteiger partial charge in [-0.15, -0.1) is 0 Å². The Hall–Kier alpha value is -1.81. The number of aromatic nitrogens is 4. The van der Waals surface area contributed by atoms with Crippen LogP contribution < -0.4 is 5.73 Å². The van der Waals surface area contributed by atoms with Gasteiger partial charge in [-0.1, -0.05) is 0 Å². The molecule has 0 aliphatic carbocycles. The second-order valence-electron chi connectivity index (χ2n) is 5.00. The van der Waals surface area contributed by atoms with Crippen molar-refractivity contribution in [2.45, 2.75) is 24.9 Å². The number of rotatable bonds is 4. The lowest BCUT2D eigenvalue weighted by molar-refractivity contribution is -0.0402. The summed E-state index contributed by atoms with van der Waals surface area (Å²) < 4.78 is 7.33. The molecule has 1 aliphatic heterocycles. The Bertz CT molecular complexity index is 633. The van der Waals surface area contributed by atoms with E-state index in [1.54, 1.807) is 4.57 Å². The molecule has 0 aromatic carbocycles. The van der Waals surface area contributed by atoms with Gasteiger partial charge in [0, 0.05) is 12.5 Å². The predicted octanol–water partition coefficient (Wildman–Crippen LogP) is -1.34. The van der Waals surface area contributed by atoms with E-state index in [9.17, 15) is 10.2 Å². The van der Waals surface area contributed by atoms with Crippen molar-refractivity contribution in [3.63, 3.8) is 0 Å². The van der Waals surface area contributed by atoms with Gasteiger partial charge in [-0.2, -0.15) is 0 Å². The molecule has 5 N–H and O–H groups in total. The number of imidazole rings is 1. The zero-order valence-corrected chi connectivity index (χ0v) is 11.2. The van der Waals surface area contributed by atoms with Crippen molar-refractivity contribution in [2.24, 2.45) is 5.92 Å². The quantitative estimate of drug-likeness (QED) is 0.543. The summed E-state index contributed by atoms with van der Waals surface area (Å²) in [5.41, 5.74) is 6.61. The molecule has 0 spiro atoms. The Morgan fingerprint density at radius 2 is 2.10 bits per heavy atom. The number of hydrogen-bond donors (Lipinski definition) is 4. The molecule has 1 fully saturated rings. The second-order valence-corrected chi connectivity index (χ2v) is 5.00. The Kier molecular flexibility index (Phi) is 3.72. The summed E-state index contributed by atoms with van der Waals surface area (Å²) in [6.07, 6.45) is 1.02. The summed E-state index contributed by atoms with van der Waals surface area (Å²) in [6.45, 7) is -0.313. The summed E-state index contributed by atoms with van der Waals surface area (Å²) in [4.78, 5) is 12.1. The molecule has 1 aliphatic rings. The highest BCUT2D eigenvalue weighted by Gasteiger charge is 2.44. The van der Waals surface area contributed by atoms with Crippen LogP contribution in [0.25, 0.3) is 11.2 Å². The van der Waals surface area contributed by atoms with Crippen LogP contribution >= 0.6 is 0 Å². The van der Waals surface area contributed by atoms with Crippen molar-refractivity contribution in [2.75, 3.05) is 18.9 Å². The molecule has 4 atom stereocenters. The first-order valence-corrected chi connectivity index (χ1v) is 6.65. The number of fused-ring (bicyclic) bond motifs is 1. The smallest absolute Gasteiger partial charge is 0.167 e. The minimum absolute atomic E-state index is 0.0829. The summed E-state index contributed by atoms with van der Waals surface area (Å²) in [5, 5.41) is 28.8. The van der Waals surface area contributed by atoms with E-state index in [1.807, 2.05) is 0 Å². The minimum Gasteiger partial charge on any atom is -0.396 e. The molecule has 9 nitrogen and oxygen atoms in total. The zero-order valence-electron chi connectivity index (χ0n) is 11.2. The third-order valence-corrected chi connectivity index (χ3v) is 3.81. The number of nitrogens with two attached hydrogens (primary N) is 1. The molecule has 0 amide bonds. The van der Waals surface area contributed by atoms with Gasteiger partial charge in [0.1, 0.15) is 17.9 Å². The summed E-state index contributed by atoms with van der Waals surface area (Å²) in [7, 11) is 0. The first-order chi connectivity index (χ1) is 10.2. The lowest BCUT2D eigenvalue weighted by Gasteiger charge is -2.17. The van der Waals surface area contributed by atoms with Gasteiger partial charge in [0.2, 0.25) is 0 Å². The van der Waals surface area contributed by atoms with E-state index in [1.165, 1.54) is 12.7 Å². The van der Waals surface area contributed by atoms with E-state index in [0.717, 1.165) is 0 Å². The van der Waals surface area contributed by atoms with Crippen molar-refractivity contribution in [3.8, 4) is 0 Å². The predicted molar refractivity (Wildman–Crippen MR) is 71.9 cm³/mol. The molecule has 0 bridgehead atoms. The molecule has 3 heterocycles.